The molecule has 1 N–H and O–H groups in total. The fourth-order valence-corrected chi connectivity index (χ4v) is 2.67. The van der Waals surface area contributed by atoms with Crippen LogP contribution in [0.5, 0.6) is 0 Å². The zero-order valence-corrected chi connectivity index (χ0v) is 11.7. The van der Waals surface area contributed by atoms with Crippen molar-refractivity contribution in [2.45, 2.75) is 47.0 Å². The van der Waals surface area contributed by atoms with Gasteiger partial charge in [0.2, 0.25) is 0 Å². The van der Waals surface area contributed by atoms with E-state index in [9.17, 15) is 0 Å². The van der Waals surface area contributed by atoms with Gasteiger partial charge in [-0.1, -0.05) is 27.7 Å². The van der Waals surface area contributed by atoms with Crippen LogP contribution in [0.15, 0.2) is 0 Å². The van der Waals surface area contributed by atoms with Crippen LogP contribution in [0.2, 0.25) is 0 Å². The van der Waals surface area contributed by atoms with Crippen LogP contribution in [0.3, 0.4) is 0 Å². The zero-order chi connectivity index (χ0) is 12.0. The summed E-state index contributed by atoms with van der Waals surface area (Å²) < 4.78 is 0. The van der Waals surface area contributed by atoms with E-state index in [2.05, 4.69) is 37.9 Å². The third-order valence-electron chi connectivity index (χ3n) is 3.15. The van der Waals surface area contributed by atoms with E-state index in [0.29, 0.717) is 5.41 Å². The molecule has 0 bridgehead atoms. The molecular weight excluding hydrogens is 196 g/mol. The average molecular weight is 226 g/mol. The Hall–Kier alpha value is -0.0800. The minimum Gasteiger partial charge on any atom is -0.316 e. The fourth-order valence-electron chi connectivity index (χ4n) is 2.67. The molecule has 1 saturated heterocycles. The minimum absolute atomic E-state index is 0.428. The summed E-state index contributed by atoms with van der Waals surface area (Å²) in [6.45, 7) is 15.5. The SMILES string of the molecule is CCCN(CC1CCCNC1)CC(C)(C)C. The van der Waals surface area contributed by atoms with Gasteiger partial charge in [-0.05, 0) is 50.2 Å². The molecule has 0 radical (unpaired) electrons. The van der Waals surface area contributed by atoms with Crippen molar-refractivity contribution in [3.63, 3.8) is 0 Å². The van der Waals surface area contributed by atoms with Crippen LogP contribution in [-0.2, 0) is 0 Å². The Morgan fingerprint density at radius 3 is 2.56 bits per heavy atom. The number of nitrogens with one attached hydrogen (secondary N) is 1. The highest BCUT2D eigenvalue weighted by Gasteiger charge is 2.20. The van der Waals surface area contributed by atoms with Gasteiger partial charge in [0, 0.05) is 13.1 Å². The Balaban J connectivity index is 2.36. The standard InChI is InChI=1S/C14H30N2/c1-5-9-16(12-14(2,3)4)11-13-7-6-8-15-10-13/h13,15H,5-12H2,1-4H3. The zero-order valence-electron chi connectivity index (χ0n) is 11.7. The lowest BCUT2D eigenvalue weighted by atomic mass is 9.94. The molecule has 1 atom stereocenters. The predicted octanol–water partition coefficient (Wildman–Crippen LogP) is 2.74. The van der Waals surface area contributed by atoms with E-state index in [4.69, 9.17) is 0 Å². The van der Waals surface area contributed by atoms with Gasteiger partial charge < -0.3 is 10.2 Å². The van der Waals surface area contributed by atoms with Crippen LogP contribution in [-0.4, -0.2) is 37.6 Å². The van der Waals surface area contributed by atoms with Crippen LogP contribution in [0.1, 0.15) is 47.0 Å². The Morgan fingerprint density at radius 1 is 1.31 bits per heavy atom. The summed E-state index contributed by atoms with van der Waals surface area (Å²) in [5.74, 6) is 0.877. The predicted molar refractivity (Wildman–Crippen MR) is 71.8 cm³/mol. The van der Waals surface area contributed by atoms with E-state index in [1.807, 2.05) is 0 Å². The third kappa shape index (κ3) is 5.86. The van der Waals surface area contributed by atoms with Gasteiger partial charge >= 0.3 is 0 Å². The summed E-state index contributed by atoms with van der Waals surface area (Å²) in [7, 11) is 0. The van der Waals surface area contributed by atoms with Gasteiger partial charge in [-0.15, -0.1) is 0 Å². The van der Waals surface area contributed by atoms with Gasteiger partial charge in [0.05, 0.1) is 0 Å². The normalized spacial score (nSPS) is 22.7. The minimum atomic E-state index is 0.428. The van der Waals surface area contributed by atoms with Crippen molar-refractivity contribution in [3.05, 3.63) is 0 Å². The van der Waals surface area contributed by atoms with Gasteiger partial charge in [-0.2, -0.15) is 0 Å². The maximum absolute atomic E-state index is 3.52. The van der Waals surface area contributed by atoms with Crippen LogP contribution < -0.4 is 5.32 Å². The largest absolute Gasteiger partial charge is 0.316 e. The maximum atomic E-state index is 3.52. The molecule has 1 unspecified atom stereocenters. The molecule has 0 amide bonds. The number of piperidine rings is 1. The molecule has 1 fully saturated rings. The molecule has 16 heavy (non-hydrogen) atoms. The van der Waals surface area contributed by atoms with Crippen molar-refractivity contribution in [1.29, 1.82) is 0 Å². The summed E-state index contributed by atoms with van der Waals surface area (Å²) in [5.41, 5.74) is 0.428. The lowest BCUT2D eigenvalue weighted by molar-refractivity contribution is 0.155. The summed E-state index contributed by atoms with van der Waals surface area (Å²) in [6, 6.07) is 0. The van der Waals surface area contributed by atoms with Gasteiger partial charge in [0.15, 0.2) is 0 Å². The number of rotatable bonds is 5. The first kappa shape index (κ1) is 14.0. The van der Waals surface area contributed by atoms with Crippen molar-refractivity contribution < 1.29 is 0 Å². The first-order valence-electron chi connectivity index (χ1n) is 6.94. The van der Waals surface area contributed by atoms with Crippen LogP contribution >= 0.6 is 0 Å². The molecule has 0 aromatic heterocycles. The molecule has 1 heterocycles. The topological polar surface area (TPSA) is 15.3 Å². The van der Waals surface area contributed by atoms with Crippen LogP contribution in [0, 0.1) is 11.3 Å². The first-order valence-corrected chi connectivity index (χ1v) is 6.94. The van der Waals surface area contributed by atoms with Crippen molar-refractivity contribution in [2.75, 3.05) is 32.7 Å². The second kappa shape index (κ2) is 6.61. The van der Waals surface area contributed by atoms with Gasteiger partial charge in [0.25, 0.3) is 0 Å². The average Bonchev–Trinajstić information content (AvgIpc) is 2.17. The molecule has 2 heteroatoms. The highest BCUT2D eigenvalue weighted by Crippen LogP contribution is 2.18. The molecular formula is C14H30N2. The van der Waals surface area contributed by atoms with Gasteiger partial charge in [-0.25, -0.2) is 0 Å². The van der Waals surface area contributed by atoms with Crippen molar-refractivity contribution in [3.8, 4) is 0 Å². The van der Waals surface area contributed by atoms with E-state index in [1.54, 1.807) is 0 Å². The lowest BCUT2D eigenvalue weighted by Crippen LogP contribution is -2.41. The number of nitrogens with zero attached hydrogens (tertiary/aromatic N) is 1. The molecule has 0 saturated carbocycles. The van der Waals surface area contributed by atoms with E-state index in [0.717, 1.165) is 5.92 Å². The Bertz CT molecular complexity index is 178. The molecule has 1 rings (SSSR count). The van der Waals surface area contributed by atoms with Gasteiger partial charge in [-0.3, -0.25) is 0 Å². The Labute approximate surface area is 102 Å². The molecule has 2 nitrogen and oxygen atoms in total. The maximum Gasteiger partial charge on any atom is 0.00302 e. The first-order chi connectivity index (χ1) is 7.51. The summed E-state index contributed by atoms with van der Waals surface area (Å²) in [6.07, 6.45) is 4.05. The second-order valence-electron chi connectivity index (χ2n) is 6.51. The molecule has 0 aliphatic carbocycles. The molecule has 1 aliphatic rings. The van der Waals surface area contributed by atoms with E-state index in [-0.39, 0.29) is 0 Å². The van der Waals surface area contributed by atoms with Crippen molar-refractivity contribution in [2.24, 2.45) is 11.3 Å². The smallest absolute Gasteiger partial charge is 0.00302 e. The molecule has 0 spiro atoms. The molecule has 96 valence electrons. The highest BCUT2D eigenvalue weighted by molar-refractivity contribution is 4.76. The van der Waals surface area contributed by atoms with E-state index in [1.165, 1.54) is 52.0 Å². The fraction of sp³-hybridized carbons (Fsp3) is 1.00. The summed E-state index contributed by atoms with van der Waals surface area (Å²) in [4.78, 5) is 2.66. The second-order valence-corrected chi connectivity index (χ2v) is 6.51. The monoisotopic (exact) mass is 226 g/mol. The highest BCUT2D eigenvalue weighted by atomic mass is 15.1. The van der Waals surface area contributed by atoms with Crippen molar-refractivity contribution >= 4 is 0 Å². The number of hydrogen-bond donors (Lipinski definition) is 1. The molecule has 1 aliphatic heterocycles. The third-order valence-corrected chi connectivity index (χ3v) is 3.15. The lowest BCUT2D eigenvalue weighted by Gasteiger charge is -2.34. The Morgan fingerprint density at radius 2 is 2.06 bits per heavy atom. The van der Waals surface area contributed by atoms with Crippen LogP contribution in [0.25, 0.3) is 0 Å². The van der Waals surface area contributed by atoms with Crippen molar-refractivity contribution in [1.82, 2.24) is 10.2 Å². The van der Waals surface area contributed by atoms with Gasteiger partial charge in [0.1, 0.15) is 0 Å². The van der Waals surface area contributed by atoms with Crippen LogP contribution in [0.4, 0.5) is 0 Å². The van der Waals surface area contributed by atoms with E-state index < -0.39 is 0 Å². The summed E-state index contributed by atoms with van der Waals surface area (Å²) >= 11 is 0. The summed E-state index contributed by atoms with van der Waals surface area (Å²) in [5, 5.41) is 3.52. The quantitative estimate of drug-likeness (QED) is 0.775. The van der Waals surface area contributed by atoms with E-state index >= 15 is 0 Å². The molecule has 0 aromatic carbocycles. The Kier molecular flexibility index (Phi) is 5.77. The number of hydrogen-bond acceptors (Lipinski definition) is 2. The molecule has 0 aromatic rings.